The lowest BCUT2D eigenvalue weighted by molar-refractivity contribution is 0.757. The Kier molecular flexibility index (Phi) is 4.10. The van der Waals surface area contributed by atoms with Crippen LogP contribution in [0.2, 0.25) is 0 Å². The Labute approximate surface area is 148 Å². The quantitative estimate of drug-likeness (QED) is 0.740. The lowest BCUT2D eigenvalue weighted by atomic mass is 10.0. The van der Waals surface area contributed by atoms with Crippen molar-refractivity contribution in [3.05, 3.63) is 71.5 Å². The third-order valence-corrected chi connectivity index (χ3v) is 4.54. The minimum Gasteiger partial charge on any atom is -0.340 e. The van der Waals surface area contributed by atoms with Gasteiger partial charge in [0.25, 0.3) is 0 Å². The molecule has 4 heteroatoms. The van der Waals surface area contributed by atoms with Gasteiger partial charge in [-0.15, -0.1) is 0 Å². The molecule has 126 valence electrons. The van der Waals surface area contributed by atoms with E-state index in [1.807, 2.05) is 13.0 Å². The minimum atomic E-state index is 0.773. The maximum absolute atomic E-state index is 4.69. The lowest BCUT2D eigenvalue weighted by Gasteiger charge is -2.30. The van der Waals surface area contributed by atoms with Crippen LogP contribution in [0.5, 0.6) is 0 Å². The molecule has 4 rings (SSSR count). The molecule has 1 aliphatic rings. The van der Waals surface area contributed by atoms with Gasteiger partial charge in [-0.2, -0.15) is 0 Å². The monoisotopic (exact) mass is 330 g/mol. The van der Waals surface area contributed by atoms with Crippen molar-refractivity contribution in [1.29, 1.82) is 0 Å². The van der Waals surface area contributed by atoms with Crippen LogP contribution in [0, 0.1) is 13.8 Å². The number of aromatic nitrogens is 2. The molecule has 0 aliphatic carbocycles. The lowest BCUT2D eigenvalue weighted by Crippen LogP contribution is -2.25. The molecule has 0 saturated heterocycles. The molecule has 2 aromatic carbocycles. The number of hydrogen-bond acceptors (Lipinski definition) is 4. The summed E-state index contributed by atoms with van der Waals surface area (Å²) < 4.78 is 0. The van der Waals surface area contributed by atoms with E-state index in [0.29, 0.717) is 0 Å². The van der Waals surface area contributed by atoms with Crippen molar-refractivity contribution in [2.24, 2.45) is 0 Å². The first-order valence-electron chi connectivity index (χ1n) is 8.74. The van der Waals surface area contributed by atoms with E-state index < -0.39 is 0 Å². The highest BCUT2D eigenvalue weighted by Crippen LogP contribution is 2.33. The second-order valence-corrected chi connectivity index (χ2v) is 6.53. The van der Waals surface area contributed by atoms with Gasteiger partial charge in [0.2, 0.25) is 0 Å². The van der Waals surface area contributed by atoms with E-state index in [1.54, 1.807) is 0 Å². The number of hydrogen-bond donors (Lipinski definition) is 1. The van der Waals surface area contributed by atoms with E-state index in [1.165, 1.54) is 16.8 Å². The zero-order chi connectivity index (χ0) is 17.2. The zero-order valence-electron chi connectivity index (χ0n) is 14.7. The fraction of sp³-hybridized carbons (Fsp3) is 0.238. The van der Waals surface area contributed by atoms with Gasteiger partial charge in [-0.1, -0.05) is 35.9 Å². The number of aryl methyl sites for hydroxylation is 3. The fourth-order valence-electron chi connectivity index (χ4n) is 3.31. The molecule has 1 aromatic heterocycles. The SMILES string of the molecule is Cc1ccc(Nc2cc(N3CCCc4ccccc43)nc(C)n2)cc1. The first-order chi connectivity index (χ1) is 12.2. The second-order valence-electron chi connectivity index (χ2n) is 6.53. The Balaban J connectivity index is 1.67. The van der Waals surface area contributed by atoms with Gasteiger partial charge in [-0.05, 0) is 50.5 Å². The van der Waals surface area contributed by atoms with Crippen LogP contribution in [0.1, 0.15) is 23.4 Å². The number of nitrogens with zero attached hydrogens (tertiary/aromatic N) is 3. The van der Waals surface area contributed by atoms with Crippen LogP contribution in [0.25, 0.3) is 0 Å². The molecule has 0 bridgehead atoms. The van der Waals surface area contributed by atoms with Crippen molar-refractivity contribution >= 4 is 23.0 Å². The molecule has 25 heavy (non-hydrogen) atoms. The largest absolute Gasteiger partial charge is 0.340 e. The molecule has 1 aliphatic heterocycles. The minimum absolute atomic E-state index is 0.773. The standard InChI is InChI=1S/C21H22N4/c1-15-9-11-18(12-10-15)24-20-14-21(23-16(2)22-20)25-13-5-7-17-6-3-4-8-19(17)25/h3-4,6,8-12,14H,5,7,13H2,1-2H3,(H,22,23,24). The molecule has 4 nitrogen and oxygen atoms in total. The molecule has 0 fully saturated rings. The average Bonchev–Trinajstić information content (AvgIpc) is 2.63. The van der Waals surface area contributed by atoms with Crippen molar-refractivity contribution in [1.82, 2.24) is 9.97 Å². The van der Waals surface area contributed by atoms with Gasteiger partial charge in [0, 0.05) is 24.0 Å². The molecule has 0 unspecified atom stereocenters. The molecule has 1 N–H and O–H groups in total. The highest BCUT2D eigenvalue weighted by molar-refractivity contribution is 5.68. The van der Waals surface area contributed by atoms with Crippen LogP contribution in [0.3, 0.4) is 0 Å². The fourth-order valence-corrected chi connectivity index (χ4v) is 3.31. The molecule has 0 spiro atoms. The molecule has 0 atom stereocenters. The molecule has 2 heterocycles. The second kappa shape index (κ2) is 6.55. The van der Waals surface area contributed by atoms with Gasteiger partial charge in [-0.3, -0.25) is 0 Å². The molecule has 0 amide bonds. The Bertz CT molecular complexity index is 887. The number of benzene rings is 2. The first kappa shape index (κ1) is 15.6. The smallest absolute Gasteiger partial charge is 0.138 e. The number of fused-ring (bicyclic) bond motifs is 1. The Morgan fingerprint density at radius 1 is 0.960 bits per heavy atom. The van der Waals surface area contributed by atoms with Crippen molar-refractivity contribution in [2.45, 2.75) is 26.7 Å². The number of para-hydroxylation sites is 1. The van der Waals surface area contributed by atoms with Crippen LogP contribution in [-0.2, 0) is 6.42 Å². The zero-order valence-corrected chi connectivity index (χ0v) is 14.7. The number of nitrogens with one attached hydrogen (secondary N) is 1. The van der Waals surface area contributed by atoms with E-state index in [2.05, 4.69) is 75.6 Å². The van der Waals surface area contributed by atoms with Crippen molar-refractivity contribution in [3.8, 4) is 0 Å². The van der Waals surface area contributed by atoms with E-state index in [-0.39, 0.29) is 0 Å². The van der Waals surface area contributed by atoms with E-state index in [0.717, 1.165) is 42.5 Å². The summed E-state index contributed by atoms with van der Waals surface area (Å²) in [6.45, 7) is 5.02. The topological polar surface area (TPSA) is 41.0 Å². The van der Waals surface area contributed by atoms with E-state index >= 15 is 0 Å². The Morgan fingerprint density at radius 3 is 2.60 bits per heavy atom. The summed E-state index contributed by atoms with van der Waals surface area (Å²) in [7, 11) is 0. The van der Waals surface area contributed by atoms with Crippen LogP contribution in [-0.4, -0.2) is 16.5 Å². The van der Waals surface area contributed by atoms with E-state index in [9.17, 15) is 0 Å². The summed E-state index contributed by atoms with van der Waals surface area (Å²) in [5.74, 6) is 2.55. The van der Waals surface area contributed by atoms with Crippen LogP contribution >= 0.6 is 0 Å². The normalized spacial score (nSPS) is 13.4. The maximum atomic E-state index is 4.69. The van der Waals surface area contributed by atoms with E-state index in [4.69, 9.17) is 0 Å². The Hall–Kier alpha value is -2.88. The summed E-state index contributed by atoms with van der Waals surface area (Å²) in [5, 5.41) is 3.40. The highest BCUT2D eigenvalue weighted by atomic mass is 15.2. The third kappa shape index (κ3) is 3.33. The molecule has 3 aromatic rings. The van der Waals surface area contributed by atoms with Gasteiger partial charge in [0.05, 0.1) is 0 Å². The summed E-state index contributed by atoms with van der Waals surface area (Å²) in [6.07, 6.45) is 2.27. The highest BCUT2D eigenvalue weighted by Gasteiger charge is 2.19. The third-order valence-electron chi connectivity index (χ3n) is 4.54. The number of rotatable bonds is 3. The summed E-state index contributed by atoms with van der Waals surface area (Å²) in [6, 6.07) is 19.0. The predicted molar refractivity (Wildman–Crippen MR) is 103 cm³/mol. The van der Waals surface area contributed by atoms with Crippen molar-refractivity contribution < 1.29 is 0 Å². The van der Waals surface area contributed by atoms with Gasteiger partial charge in [-0.25, -0.2) is 9.97 Å². The van der Waals surface area contributed by atoms with Crippen LogP contribution in [0.4, 0.5) is 23.0 Å². The summed E-state index contributed by atoms with van der Waals surface area (Å²) in [5.41, 5.74) is 4.93. The predicted octanol–water partition coefficient (Wildman–Crippen LogP) is 4.92. The molecular formula is C21H22N4. The Morgan fingerprint density at radius 2 is 1.76 bits per heavy atom. The first-order valence-corrected chi connectivity index (χ1v) is 8.74. The summed E-state index contributed by atoms with van der Waals surface area (Å²) in [4.78, 5) is 11.5. The average molecular weight is 330 g/mol. The van der Waals surface area contributed by atoms with Crippen molar-refractivity contribution in [2.75, 3.05) is 16.8 Å². The molecule has 0 radical (unpaired) electrons. The summed E-state index contributed by atoms with van der Waals surface area (Å²) >= 11 is 0. The molecule has 0 saturated carbocycles. The molecular weight excluding hydrogens is 308 g/mol. The maximum Gasteiger partial charge on any atom is 0.138 e. The van der Waals surface area contributed by atoms with Crippen molar-refractivity contribution in [3.63, 3.8) is 0 Å². The van der Waals surface area contributed by atoms with Gasteiger partial charge in [0.1, 0.15) is 17.5 Å². The number of anilines is 4. The van der Waals surface area contributed by atoms with Gasteiger partial charge in [0.15, 0.2) is 0 Å². The van der Waals surface area contributed by atoms with Gasteiger partial charge >= 0.3 is 0 Å². The van der Waals surface area contributed by atoms with Crippen LogP contribution in [0.15, 0.2) is 54.6 Å². The van der Waals surface area contributed by atoms with Gasteiger partial charge < -0.3 is 10.2 Å². The van der Waals surface area contributed by atoms with Crippen LogP contribution < -0.4 is 10.2 Å².